The molecule has 1 rings (SSSR count). The van der Waals surface area contributed by atoms with Gasteiger partial charge in [0.2, 0.25) is 0 Å². The lowest BCUT2D eigenvalue weighted by Gasteiger charge is -2.05. The average molecular weight is 195 g/mol. The molecule has 1 heterocycles. The molecule has 3 N–H and O–H groups in total. The number of rotatable bonds is 1. The van der Waals surface area contributed by atoms with Crippen molar-refractivity contribution in [1.29, 1.82) is 0 Å². The first-order valence-corrected chi connectivity index (χ1v) is 3.33. The van der Waals surface area contributed by atoms with Crippen LogP contribution in [0.2, 0.25) is 5.15 Å². The van der Waals surface area contributed by atoms with Crippen LogP contribution < -0.4 is 5.73 Å². The Bertz CT molecular complexity index is 306. The van der Waals surface area contributed by atoms with E-state index in [4.69, 9.17) is 22.4 Å². The topological polar surface area (TPSA) is 59.1 Å². The fraction of sp³-hybridized carbons (Fsp3) is 0.167. The van der Waals surface area contributed by atoms with Gasteiger partial charge in [-0.15, -0.1) is 0 Å². The molecule has 0 aliphatic carbocycles. The van der Waals surface area contributed by atoms with Crippen LogP contribution >= 0.6 is 11.6 Å². The smallest absolute Gasteiger partial charge is 0.267 e. The second kappa shape index (κ2) is 3.10. The van der Waals surface area contributed by atoms with Gasteiger partial charge in [-0.25, -0.2) is 13.8 Å². The van der Waals surface area contributed by atoms with Crippen LogP contribution in [0.25, 0.3) is 0 Å². The van der Waals surface area contributed by atoms with Crippen molar-refractivity contribution >= 4 is 17.4 Å². The lowest BCUT2D eigenvalue weighted by molar-refractivity contribution is 0.147. The molecule has 3 nitrogen and oxygen atoms in total. The molecule has 0 aliphatic heterocycles. The Morgan fingerprint density at radius 2 is 2.17 bits per heavy atom. The molecule has 0 atom stereocenters. The molecule has 6 heteroatoms. The number of nitrogen functional groups attached to an aromatic ring is 1. The number of aromatic nitrogens is 1. The highest BCUT2D eigenvalue weighted by Crippen LogP contribution is 2.33. The van der Waals surface area contributed by atoms with Gasteiger partial charge in [-0.05, 0) is 6.07 Å². The van der Waals surface area contributed by atoms with Gasteiger partial charge in [0.1, 0.15) is 5.15 Å². The number of hydrogen-bond donors (Lipinski definition) is 2. The van der Waals surface area contributed by atoms with Crippen LogP contribution in [0.3, 0.4) is 0 Å². The highest BCUT2D eigenvalue weighted by Gasteiger charge is 2.16. The largest absolute Gasteiger partial charge is 0.504 e. The highest BCUT2D eigenvalue weighted by molar-refractivity contribution is 6.29. The van der Waals surface area contributed by atoms with Crippen molar-refractivity contribution in [1.82, 2.24) is 4.98 Å². The predicted molar refractivity (Wildman–Crippen MR) is 40.3 cm³/mol. The van der Waals surface area contributed by atoms with E-state index >= 15 is 0 Å². The second-order valence-electron chi connectivity index (χ2n) is 2.07. The Kier molecular flexibility index (Phi) is 2.32. The molecule has 12 heavy (non-hydrogen) atoms. The van der Waals surface area contributed by atoms with Crippen LogP contribution in [0.1, 0.15) is 12.0 Å². The number of halogens is 3. The lowest BCUT2D eigenvalue weighted by Crippen LogP contribution is -1.95. The zero-order valence-electron chi connectivity index (χ0n) is 5.76. The third-order valence-corrected chi connectivity index (χ3v) is 1.45. The van der Waals surface area contributed by atoms with Crippen molar-refractivity contribution in [3.05, 3.63) is 16.8 Å². The SMILES string of the molecule is Nc1nc(Cl)cc(C(F)F)c1O. The Balaban J connectivity index is 3.28. The molecule has 66 valence electrons. The molecule has 0 aromatic carbocycles. The molecule has 0 radical (unpaired) electrons. The van der Waals surface area contributed by atoms with E-state index in [9.17, 15) is 8.78 Å². The fourth-order valence-corrected chi connectivity index (χ4v) is 0.920. The van der Waals surface area contributed by atoms with Gasteiger partial charge < -0.3 is 10.8 Å². The Morgan fingerprint density at radius 1 is 1.58 bits per heavy atom. The molecule has 0 amide bonds. The van der Waals surface area contributed by atoms with E-state index in [1.165, 1.54) is 0 Å². The van der Waals surface area contributed by atoms with Crippen LogP contribution in [-0.4, -0.2) is 10.1 Å². The number of alkyl halides is 2. The summed E-state index contributed by atoms with van der Waals surface area (Å²) >= 11 is 5.33. The summed E-state index contributed by atoms with van der Waals surface area (Å²) in [6.45, 7) is 0. The van der Waals surface area contributed by atoms with E-state index in [-0.39, 0.29) is 5.15 Å². The second-order valence-corrected chi connectivity index (χ2v) is 2.46. The quantitative estimate of drug-likeness (QED) is 0.672. The van der Waals surface area contributed by atoms with Crippen LogP contribution in [0.5, 0.6) is 5.75 Å². The van der Waals surface area contributed by atoms with Crippen molar-refractivity contribution in [2.45, 2.75) is 6.43 Å². The zero-order chi connectivity index (χ0) is 9.30. The average Bonchev–Trinajstić information content (AvgIpc) is 1.96. The van der Waals surface area contributed by atoms with E-state index in [0.29, 0.717) is 0 Å². The Hall–Kier alpha value is -1.10. The Labute approximate surface area is 71.8 Å². The molecule has 1 aromatic rings. The highest BCUT2D eigenvalue weighted by atomic mass is 35.5. The number of nitrogens with zero attached hydrogens (tertiary/aromatic N) is 1. The summed E-state index contributed by atoms with van der Waals surface area (Å²) in [5.41, 5.74) is 4.48. The maximum Gasteiger partial charge on any atom is 0.267 e. The van der Waals surface area contributed by atoms with Gasteiger partial charge in [-0.3, -0.25) is 0 Å². The van der Waals surface area contributed by atoms with E-state index < -0.39 is 23.6 Å². The lowest BCUT2D eigenvalue weighted by atomic mass is 10.2. The third kappa shape index (κ3) is 1.55. The molecule has 1 aromatic heterocycles. The van der Waals surface area contributed by atoms with Crippen molar-refractivity contribution in [3.63, 3.8) is 0 Å². The number of pyridine rings is 1. The van der Waals surface area contributed by atoms with Crippen molar-refractivity contribution in [2.75, 3.05) is 5.73 Å². The fourth-order valence-electron chi connectivity index (χ4n) is 0.711. The van der Waals surface area contributed by atoms with Gasteiger partial charge >= 0.3 is 0 Å². The number of nitrogens with two attached hydrogens (primary N) is 1. The van der Waals surface area contributed by atoms with Gasteiger partial charge in [0.25, 0.3) is 6.43 Å². The predicted octanol–water partition coefficient (Wildman–Crippen LogP) is 1.96. The molecular formula is C6H5ClF2N2O. The van der Waals surface area contributed by atoms with Gasteiger partial charge in [0.15, 0.2) is 11.6 Å². The van der Waals surface area contributed by atoms with E-state index in [1.54, 1.807) is 0 Å². The van der Waals surface area contributed by atoms with Crippen molar-refractivity contribution in [2.24, 2.45) is 0 Å². The summed E-state index contributed by atoms with van der Waals surface area (Å²) in [5.74, 6) is -1.10. The summed E-state index contributed by atoms with van der Waals surface area (Å²) in [4.78, 5) is 3.38. The first-order chi connectivity index (χ1) is 5.52. The first-order valence-electron chi connectivity index (χ1n) is 2.95. The van der Waals surface area contributed by atoms with Gasteiger partial charge in [0, 0.05) is 0 Å². The summed E-state index contributed by atoms with van der Waals surface area (Å²) in [6, 6.07) is 0.873. The molecule has 0 saturated carbocycles. The molecular weight excluding hydrogens is 190 g/mol. The minimum Gasteiger partial charge on any atom is -0.504 e. The summed E-state index contributed by atoms with van der Waals surface area (Å²) < 4.78 is 24.2. The van der Waals surface area contributed by atoms with Crippen molar-refractivity contribution < 1.29 is 13.9 Å². The molecule has 0 unspecified atom stereocenters. The van der Waals surface area contributed by atoms with E-state index in [0.717, 1.165) is 6.07 Å². The standard InChI is InChI=1S/C6H5ClF2N2O/c7-3-1-2(5(8)9)4(12)6(10)11-3/h1,5,12H,(H2,10,11). The number of anilines is 1. The minimum atomic E-state index is -2.81. The van der Waals surface area contributed by atoms with Crippen LogP contribution in [0.4, 0.5) is 14.6 Å². The molecule has 0 aliphatic rings. The summed E-state index contributed by atoms with van der Waals surface area (Å²) in [7, 11) is 0. The normalized spacial score (nSPS) is 10.7. The van der Waals surface area contributed by atoms with Crippen LogP contribution in [0, 0.1) is 0 Å². The van der Waals surface area contributed by atoms with Crippen molar-refractivity contribution in [3.8, 4) is 5.75 Å². The number of aromatic hydroxyl groups is 1. The first kappa shape index (κ1) is 8.99. The van der Waals surface area contributed by atoms with Gasteiger partial charge in [0.05, 0.1) is 5.56 Å². The molecule has 0 saturated heterocycles. The molecule has 0 spiro atoms. The summed E-state index contributed by atoms with van der Waals surface area (Å²) in [5, 5.41) is 8.80. The van der Waals surface area contributed by atoms with Gasteiger partial charge in [-0.1, -0.05) is 11.6 Å². The number of hydrogen-bond acceptors (Lipinski definition) is 3. The maximum atomic E-state index is 12.1. The minimum absolute atomic E-state index is 0.166. The van der Waals surface area contributed by atoms with Crippen LogP contribution in [0.15, 0.2) is 6.07 Å². The third-order valence-electron chi connectivity index (χ3n) is 1.25. The summed E-state index contributed by atoms with van der Waals surface area (Å²) in [6.07, 6.45) is -2.81. The zero-order valence-corrected chi connectivity index (χ0v) is 6.52. The van der Waals surface area contributed by atoms with Crippen LogP contribution in [-0.2, 0) is 0 Å². The van der Waals surface area contributed by atoms with Gasteiger partial charge in [-0.2, -0.15) is 0 Å². The molecule has 0 bridgehead atoms. The monoisotopic (exact) mass is 194 g/mol. The van der Waals surface area contributed by atoms with E-state index in [1.807, 2.05) is 0 Å². The maximum absolute atomic E-state index is 12.1. The molecule has 0 fully saturated rings. The Morgan fingerprint density at radius 3 is 2.67 bits per heavy atom. The van der Waals surface area contributed by atoms with E-state index in [2.05, 4.69) is 4.98 Å².